The zero-order valence-electron chi connectivity index (χ0n) is 7.71. The summed E-state index contributed by atoms with van der Waals surface area (Å²) in [5.74, 6) is 0. The van der Waals surface area contributed by atoms with E-state index in [1.165, 1.54) is 6.07 Å². The summed E-state index contributed by atoms with van der Waals surface area (Å²) in [6.07, 6.45) is 2.49. The molecule has 3 heteroatoms. The normalized spacial score (nSPS) is 12.5. The van der Waals surface area contributed by atoms with Gasteiger partial charge in [0, 0.05) is 17.8 Å². The van der Waals surface area contributed by atoms with Crippen LogP contribution >= 0.6 is 0 Å². The number of pyridine rings is 1. The number of hydrogen-bond donors (Lipinski definition) is 2. The maximum atomic E-state index is 10.9. The molecule has 1 unspecified atom stereocenters. The Morgan fingerprint density at radius 1 is 1.69 bits per heavy atom. The maximum Gasteiger partial charge on any atom is 0.248 e. The topological polar surface area (TPSA) is 58.9 Å². The van der Waals surface area contributed by atoms with Crippen LogP contribution in [0.5, 0.6) is 0 Å². The van der Waals surface area contributed by atoms with E-state index in [0.717, 1.165) is 11.3 Å². The molecule has 1 aromatic rings. The highest BCUT2D eigenvalue weighted by molar-refractivity contribution is 5.22. The summed E-state index contributed by atoms with van der Waals surface area (Å²) in [5, 5.41) is 0. The van der Waals surface area contributed by atoms with E-state index in [9.17, 15) is 4.79 Å². The summed E-state index contributed by atoms with van der Waals surface area (Å²) in [5.41, 5.74) is 7.58. The van der Waals surface area contributed by atoms with Crippen LogP contribution in [0.4, 0.5) is 0 Å². The molecule has 0 bridgehead atoms. The Bertz CT molecular complexity index is 354. The molecular weight excluding hydrogens is 164 g/mol. The molecule has 1 heterocycles. The summed E-state index contributed by atoms with van der Waals surface area (Å²) in [6.45, 7) is 5.47. The Balaban J connectivity index is 3.00. The van der Waals surface area contributed by atoms with Crippen LogP contribution in [0.25, 0.3) is 0 Å². The van der Waals surface area contributed by atoms with Crippen molar-refractivity contribution in [2.75, 3.05) is 0 Å². The second-order valence-electron chi connectivity index (χ2n) is 3.03. The predicted octanol–water partition coefficient (Wildman–Crippen LogP) is 1.26. The molecule has 1 rings (SSSR count). The van der Waals surface area contributed by atoms with Crippen molar-refractivity contribution >= 4 is 0 Å². The lowest BCUT2D eigenvalue weighted by Gasteiger charge is -2.11. The van der Waals surface area contributed by atoms with E-state index in [1.807, 2.05) is 6.92 Å². The van der Waals surface area contributed by atoms with Gasteiger partial charge in [0.25, 0.3) is 0 Å². The van der Waals surface area contributed by atoms with Gasteiger partial charge in [-0.15, -0.1) is 6.58 Å². The van der Waals surface area contributed by atoms with Crippen LogP contribution in [-0.2, 0) is 0 Å². The molecule has 3 nitrogen and oxygen atoms in total. The van der Waals surface area contributed by atoms with Gasteiger partial charge in [-0.25, -0.2) is 0 Å². The van der Waals surface area contributed by atoms with Crippen molar-refractivity contribution in [1.29, 1.82) is 0 Å². The second kappa shape index (κ2) is 4.05. The molecule has 3 N–H and O–H groups in total. The fourth-order valence-electron chi connectivity index (χ4n) is 1.30. The van der Waals surface area contributed by atoms with Crippen LogP contribution in [0.15, 0.2) is 29.6 Å². The molecule has 1 atom stereocenters. The Morgan fingerprint density at radius 3 is 2.92 bits per heavy atom. The van der Waals surface area contributed by atoms with Crippen LogP contribution in [0, 0.1) is 6.92 Å². The number of aromatic amines is 1. The van der Waals surface area contributed by atoms with Gasteiger partial charge in [0.2, 0.25) is 5.56 Å². The quantitative estimate of drug-likeness (QED) is 0.684. The van der Waals surface area contributed by atoms with Gasteiger partial charge in [-0.05, 0) is 18.9 Å². The van der Waals surface area contributed by atoms with Gasteiger partial charge in [-0.3, -0.25) is 4.79 Å². The van der Waals surface area contributed by atoms with Gasteiger partial charge in [0.05, 0.1) is 0 Å². The number of rotatable bonds is 3. The number of H-pyrrole nitrogens is 1. The number of aryl methyl sites for hydroxylation is 1. The molecule has 0 aliphatic carbocycles. The zero-order chi connectivity index (χ0) is 9.84. The van der Waals surface area contributed by atoms with Crippen molar-refractivity contribution in [3.63, 3.8) is 0 Å². The number of hydrogen-bond acceptors (Lipinski definition) is 2. The van der Waals surface area contributed by atoms with Gasteiger partial charge in [-0.2, -0.15) is 0 Å². The summed E-state index contributed by atoms with van der Waals surface area (Å²) in [6, 6.07) is 3.18. The van der Waals surface area contributed by atoms with Crippen molar-refractivity contribution in [2.45, 2.75) is 19.4 Å². The van der Waals surface area contributed by atoms with E-state index in [-0.39, 0.29) is 11.6 Å². The minimum absolute atomic E-state index is 0.0747. The first-order valence-corrected chi connectivity index (χ1v) is 4.21. The fraction of sp³-hybridized carbons (Fsp3) is 0.300. The van der Waals surface area contributed by atoms with Crippen LogP contribution in [0.3, 0.4) is 0 Å². The SMILES string of the molecule is C=CCC(N)c1ccc(=O)[nH]c1C. The van der Waals surface area contributed by atoms with Crippen molar-refractivity contribution in [3.05, 3.63) is 46.4 Å². The van der Waals surface area contributed by atoms with Gasteiger partial charge in [0.15, 0.2) is 0 Å². The summed E-state index contributed by atoms with van der Waals surface area (Å²) in [4.78, 5) is 13.6. The van der Waals surface area contributed by atoms with E-state index in [1.54, 1.807) is 12.1 Å². The van der Waals surface area contributed by atoms with Crippen LogP contribution in [0.1, 0.15) is 23.7 Å². The van der Waals surface area contributed by atoms with Crippen molar-refractivity contribution in [3.8, 4) is 0 Å². The Hall–Kier alpha value is -1.35. The molecule has 0 saturated heterocycles. The van der Waals surface area contributed by atoms with E-state index in [0.29, 0.717) is 6.42 Å². The lowest BCUT2D eigenvalue weighted by Crippen LogP contribution is -2.15. The first-order chi connectivity index (χ1) is 6.15. The zero-order valence-corrected chi connectivity index (χ0v) is 7.71. The molecule has 13 heavy (non-hydrogen) atoms. The van der Waals surface area contributed by atoms with Gasteiger partial charge < -0.3 is 10.7 Å². The standard InChI is InChI=1S/C10H14N2O/c1-3-4-9(11)8-5-6-10(13)12-7(8)2/h3,5-6,9H,1,4,11H2,2H3,(H,12,13). The van der Waals surface area contributed by atoms with Crippen molar-refractivity contribution in [1.82, 2.24) is 4.98 Å². The average Bonchev–Trinajstić information content (AvgIpc) is 2.04. The summed E-state index contributed by atoms with van der Waals surface area (Å²) >= 11 is 0. The third-order valence-corrected chi connectivity index (χ3v) is 1.98. The first-order valence-electron chi connectivity index (χ1n) is 4.21. The Morgan fingerprint density at radius 2 is 2.38 bits per heavy atom. The molecular formula is C10H14N2O. The molecule has 0 amide bonds. The largest absolute Gasteiger partial charge is 0.326 e. The van der Waals surface area contributed by atoms with Gasteiger partial charge in [-0.1, -0.05) is 12.1 Å². The third kappa shape index (κ3) is 2.29. The highest BCUT2D eigenvalue weighted by atomic mass is 16.1. The molecule has 0 spiro atoms. The minimum atomic E-state index is -0.0907. The first kappa shape index (κ1) is 9.74. The van der Waals surface area contributed by atoms with E-state index < -0.39 is 0 Å². The minimum Gasteiger partial charge on any atom is -0.326 e. The molecule has 0 aliphatic rings. The van der Waals surface area contributed by atoms with E-state index in [2.05, 4.69) is 11.6 Å². The number of nitrogens with two attached hydrogens (primary N) is 1. The van der Waals surface area contributed by atoms with Crippen LogP contribution in [-0.4, -0.2) is 4.98 Å². The maximum absolute atomic E-state index is 10.9. The molecule has 0 radical (unpaired) electrons. The highest BCUT2D eigenvalue weighted by Gasteiger charge is 2.06. The van der Waals surface area contributed by atoms with E-state index >= 15 is 0 Å². The number of aromatic nitrogens is 1. The molecule has 0 aromatic carbocycles. The average molecular weight is 178 g/mol. The molecule has 70 valence electrons. The predicted molar refractivity (Wildman–Crippen MR) is 53.5 cm³/mol. The Labute approximate surface area is 77.3 Å². The van der Waals surface area contributed by atoms with Gasteiger partial charge >= 0.3 is 0 Å². The van der Waals surface area contributed by atoms with E-state index in [4.69, 9.17) is 5.73 Å². The lowest BCUT2D eigenvalue weighted by atomic mass is 10.0. The van der Waals surface area contributed by atoms with Crippen LogP contribution < -0.4 is 11.3 Å². The summed E-state index contributed by atoms with van der Waals surface area (Å²) < 4.78 is 0. The van der Waals surface area contributed by atoms with Crippen molar-refractivity contribution < 1.29 is 0 Å². The monoisotopic (exact) mass is 178 g/mol. The molecule has 0 aliphatic heterocycles. The third-order valence-electron chi connectivity index (χ3n) is 1.98. The fourth-order valence-corrected chi connectivity index (χ4v) is 1.30. The highest BCUT2D eigenvalue weighted by Crippen LogP contribution is 2.15. The summed E-state index contributed by atoms with van der Waals surface area (Å²) in [7, 11) is 0. The van der Waals surface area contributed by atoms with Crippen LogP contribution in [0.2, 0.25) is 0 Å². The smallest absolute Gasteiger partial charge is 0.248 e. The molecule has 0 saturated carbocycles. The lowest BCUT2D eigenvalue weighted by molar-refractivity contribution is 0.728. The molecule has 1 aromatic heterocycles. The number of nitrogens with one attached hydrogen (secondary N) is 1. The van der Waals surface area contributed by atoms with Gasteiger partial charge in [0.1, 0.15) is 0 Å². The second-order valence-corrected chi connectivity index (χ2v) is 3.03. The van der Waals surface area contributed by atoms with Crippen molar-refractivity contribution in [2.24, 2.45) is 5.73 Å². The Kier molecular flexibility index (Phi) is 3.03. The molecule has 0 fully saturated rings.